The summed E-state index contributed by atoms with van der Waals surface area (Å²) in [5.74, 6) is -0.0935. The summed E-state index contributed by atoms with van der Waals surface area (Å²) in [5.41, 5.74) is 2.27. The van der Waals surface area contributed by atoms with E-state index < -0.39 is 0 Å². The van der Waals surface area contributed by atoms with Crippen LogP contribution in [0, 0.1) is 6.92 Å². The minimum atomic E-state index is -0.0818. The first-order valence-electron chi connectivity index (χ1n) is 8.90. The Bertz CT molecular complexity index is 586. The fourth-order valence-electron chi connectivity index (χ4n) is 3.14. The Morgan fingerprint density at radius 2 is 2.12 bits per heavy atom. The molecule has 1 atom stereocenters. The monoisotopic (exact) mass is 331 g/mol. The van der Waals surface area contributed by atoms with Crippen molar-refractivity contribution in [3.63, 3.8) is 0 Å². The van der Waals surface area contributed by atoms with Crippen LogP contribution < -0.4 is 10.6 Å². The van der Waals surface area contributed by atoms with Crippen molar-refractivity contribution >= 4 is 17.5 Å². The van der Waals surface area contributed by atoms with Crippen molar-refractivity contribution in [3.8, 4) is 0 Å². The van der Waals surface area contributed by atoms with Gasteiger partial charge >= 0.3 is 0 Å². The molecule has 1 saturated heterocycles. The molecule has 0 unspecified atom stereocenters. The molecular weight excluding hydrogens is 302 g/mol. The van der Waals surface area contributed by atoms with Gasteiger partial charge in [-0.25, -0.2) is 0 Å². The molecule has 5 heteroatoms. The lowest BCUT2D eigenvalue weighted by atomic mass is 10.1. The number of aryl methyl sites for hydroxylation is 1. The Balaban J connectivity index is 1.90. The molecule has 1 aliphatic rings. The Morgan fingerprint density at radius 1 is 1.33 bits per heavy atom. The van der Waals surface area contributed by atoms with Gasteiger partial charge in [0.1, 0.15) is 0 Å². The number of hydrogen-bond acceptors (Lipinski definition) is 3. The van der Waals surface area contributed by atoms with Gasteiger partial charge in [-0.05, 0) is 63.9 Å². The van der Waals surface area contributed by atoms with Crippen molar-refractivity contribution in [1.29, 1.82) is 0 Å². The summed E-state index contributed by atoms with van der Waals surface area (Å²) in [6.45, 7) is 5.73. The van der Waals surface area contributed by atoms with E-state index in [4.69, 9.17) is 0 Å². The molecule has 1 heterocycles. The van der Waals surface area contributed by atoms with E-state index in [2.05, 4.69) is 22.6 Å². The number of nitrogens with zero attached hydrogens (tertiary/aromatic N) is 1. The zero-order valence-corrected chi connectivity index (χ0v) is 15.0. The van der Waals surface area contributed by atoms with Crippen molar-refractivity contribution < 1.29 is 9.59 Å². The number of carbonyl (C=O) groups excluding carboxylic acids is 2. The highest BCUT2D eigenvalue weighted by Gasteiger charge is 2.20. The largest absolute Gasteiger partial charge is 0.352 e. The number of hydrogen-bond donors (Lipinski definition) is 2. The Kier molecular flexibility index (Phi) is 6.79. The van der Waals surface area contributed by atoms with Crippen LogP contribution in [0.2, 0.25) is 0 Å². The van der Waals surface area contributed by atoms with Gasteiger partial charge in [0.25, 0.3) is 5.91 Å². The summed E-state index contributed by atoms with van der Waals surface area (Å²) in [7, 11) is 2.14. The normalized spacial score (nSPS) is 17.7. The zero-order chi connectivity index (χ0) is 17.5. The fourth-order valence-corrected chi connectivity index (χ4v) is 3.14. The minimum Gasteiger partial charge on any atom is -0.352 e. The number of benzene rings is 1. The second-order valence-corrected chi connectivity index (χ2v) is 6.65. The quantitative estimate of drug-likeness (QED) is 0.807. The summed E-state index contributed by atoms with van der Waals surface area (Å²) < 4.78 is 0. The molecular formula is C19H29N3O2. The first-order chi connectivity index (χ1) is 11.5. The number of rotatable bonds is 7. The van der Waals surface area contributed by atoms with E-state index in [-0.39, 0.29) is 11.8 Å². The summed E-state index contributed by atoms with van der Waals surface area (Å²) in [5, 5.41) is 5.88. The number of nitrogens with one attached hydrogen (secondary N) is 2. The van der Waals surface area contributed by atoms with Gasteiger partial charge in [-0.1, -0.05) is 13.0 Å². The second-order valence-electron chi connectivity index (χ2n) is 6.65. The van der Waals surface area contributed by atoms with Crippen molar-refractivity contribution in [2.24, 2.45) is 0 Å². The molecule has 24 heavy (non-hydrogen) atoms. The van der Waals surface area contributed by atoms with Crippen LogP contribution in [0.3, 0.4) is 0 Å². The van der Waals surface area contributed by atoms with Crippen LogP contribution in [0.15, 0.2) is 18.2 Å². The molecule has 5 nitrogen and oxygen atoms in total. The van der Waals surface area contributed by atoms with Crippen LogP contribution >= 0.6 is 0 Å². The van der Waals surface area contributed by atoms with Crippen molar-refractivity contribution in [2.75, 3.05) is 25.5 Å². The molecule has 0 radical (unpaired) electrons. The lowest BCUT2D eigenvalue weighted by Crippen LogP contribution is -2.31. The minimum absolute atomic E-state index is 0.0116. The van der Waals surface area contributed by atoms with E-state index in [0.717, 1.165) is 30.6 Å². The molecule has 1 aromatic carbocycles. The summed E-state index contributed by atoms with van der Waals surface area (Å²) in [6, 6.07) is 6.02. The molecule has 0 spiro atoms. The zero-order valence-electron chi connectivity index (χ0n) is 15.0. The Hall–Kier alpha value is -1.88. The van der Waals surface area contributed by atoms with Crippen LogP contribution in [0.1, 0.15) is 54.9 Å². The van der Waals surface area contributed by atoms with Gasteiger partial charge in [0.05, 0.1) is 0 Å². The Labute approximate surface area is 144 Å². The molecule has 1 aromatic rings. The third-order valence-corrected chi connectivity index (χ3v) is 4.69. The number of carbonyl (C=O) groups is 2. The van der Waals surface area contributed by atoms with E-state index in [0.29, 0.717) is 24.6 Å². The van der Waals surface area contributed by atoms with E-state index in [1.807, 2.05) is 26.0 Å². The van der Waals surface area contributed by atoms with E-state index >= 15 is 0 Å². The SMILES string of the molecule is CCCC(=O)Nc1cc(C(=O)NCC[C@@H]2CCCN2C)ccc1C. The predicted molar refractivity (Wildman–Crippen MR) is 97.3 cm³/mol. The summed E-state index contributed by atoms with van der Waals surface area (Å²) >= 11 is 0. The third kappa shape index (κ3) is 5.06. The van der Waals surface area contributed by atoms with Gasteiger partial charge < -0.3 is 15.5 Å². The molecule has 0 aromatic heterocycles. The first kappa shape index (κ1) is 18.5. The highest BCUT2D eigenvalue weighted by molar-refractivity contribution is 5.97. The van der Waals surface area contributed by atoms with E-state index in [9.17, 15) is 9.59 Å². The average molecular weight is 331 g/mol. The number of amides is 2. The molecule has 1 aliphatic heterocycles. The molecule has 132 valence electrons. The highest BCUT2D eigenvalue weighted by Crippen LogP contribution is 2.19. The van der Waals surface area contributed by atoms with Crippen LogP contribution in [0.25, 0.3) is 0 Å². The van der Waals surface area contributed by atoms with Gasteiger partial charge in [0.2, 0.25) is 5.91 Å². The van der Waals surface area contributed by atoms with Crippen molar-refractivity contribution in [3.05, 3.63) is 29.3 Å². The average Bonchev–Trinajstić information content (AvgIpc) is 2.95. The molecule has 0 aliphatic carbocycles. The van der Waals surface area contributed by atoms with Gasteiger partial charge in [-0.3, -0.25) is 9.59 Å². The molecule has 0 saturated carbocycles. The lowest BCUT2D eigenvalue weighted by molar-refractivity contribution is -0.116. The number of anilines is 1. The molecule has 2 amide bonds. The van der Waals surface area contributed by atoms with Gasteiger partial charge in [0, 0.05) is 30.3 Å². The number of likely N-dealkylation sites (tertiary alicyclic amines) is 1. The maximum Gasteiger partial charge on any atom is 0.251 e. The van der Waals surface area contributed by atoms with Crippen LogP contribution in [-0.4, -0.2) is 42.9 Å². The van der Waals surface area contributed by atoms with Gasteiger partial charge in [-0.2, -0.15) is 0 Å². The third-order valence-electron chi connectivity index (χ3n) is 4.69. The highest BCUT2D eigenvalue weighted by atomic mass is 16.2. The van der Waals surface area contributed by atoms with Crippen LogP contribution in [0.5, 0.6) is 0 Å². The molecule has 2 rings (SSSR count). The Morgan fingerprint density at radius 3 is 2.79 bits per heavy atom. The molecule has 1 fully saturated rings. The second kappa shape index (κ2) is 8.83. The van der Waals surface area contributed by atoms with Crippen molar-refractivity contribution in [1.82, 2.24) is 10.2 Å². The maximum absolute atomic E-state index is 12.3. The first-order valence-corrected chi connectivity index (χ1v) is 8.90. The standard InChI is InChI=1S/C19H29N3O2/c1-4-6-18(23)21-17-13-15(9-8-14(17)2)19(24)20-11-10-16-7-5-12-22(16)3/h8-9,13,16H,4-7,10-12H2,1-3H3,(H,20,24)(H,21,23)/t16-/m0/s1. The molecule has 0 bridgehead atoms. The van der Waals surface area contributed by atoms with E-state index in [1.165, 1.54) is 12.8 Å². The van der Waals surface area contributed by atoms with Crippen LogP contribution in [0.4, 0.5) is 5.69 Å². The molecule has 2 N–H and O–H groups in total. The fraction of sp³-hybridized carbons (Fsp3) is 0.579. The van der Waals surface area contributed by atoms with E-state index in [1.54, 1.807) is 6.07 Å². The van der Waals surface area contributed by atoms with Gasteiger partial charge in [-0.15, -0.1) is 0 Å². The van der Waals surface area contributed by atoms with Gasteiger partial charge in [0.15, 0.2) is 0 Å². The summed E-state index contributed by atoms with van der Waals surface area (Å²) in [6.07, 6.45) is 4.73. The van der Waals surface area contributed by atoms with Crippen molar-refractivity contribution in [2.45, 2.75) is 52.0 Å². The maximum atomic E-state index is 12.3. The lowest BCUT2D eigenvalue weighted by Gasteiger charge is -2.19. The van der Waals surface area contributed by atoms with Crippen LogP contribution in [-0.2, 0) is 4.79 Å². The summed E-state index contributed by atoms with van der Waals surface area (Å²) in [4.78, 5) is 26.5. The smallest absolute Gasteiger partial charge is 0.251 e. The predicted octanol–water partition coefficient (Wildman–Crippen LogP) is 2.95. The topological polar surface area (TPSA) is 61.4 Å².